The van der Waals surface area contributed by atoms with Gasteiger partial charge in [-0.2, -0.15) is 0 Å². The van der Waals surface area contributed by atoms with Gasteiger partial charge in [0.05, 0.1) is 6.04 Å². The highest BCUT2D eigenvalue weighted by atomic mass is 14.8. The van der Waals surface area contributed by atoms with Crippen LogP contribution in [-0.4, -0.2) is 13.1 Å². The lowest BCUT2D eigenvalue weighted by atomic mass is 9.85. The highest BCUT2D eigenvalue weighted by Gasteiger charge is 2.14. The molecule has 0 aromatic carbocycles. The van der Waals surface area contributed by atoms with E-state index in [1.54, 1.807) is 0 Å². The van der Waals surface area contributed by atoms with Gasteiger partial charge in [-0.25, -0.2) is 0 Å². The van der Waals surface area contributed by atoms with E-state index in [1.165, 1.54) is 38.5 Å². The minimum Gasteiger partial charge on any atom is -0.307 e. The Labute approximate surface area is 82.3 Å². The fourth-order valence-electron chi connectivity index (χ4n) is 2.19. The van der Waals surface area contributed by atoms with E-state index < -0.39 is 0 Å². The third-order valence-corrected chi connectivity index (χ3v) is 3.14. The summed E-state index contributed by atoms with van der Waals surface area (Å²) in [7, 11) is 1.95. The van der Waals surface area contributed by atoms with Gasteiger partial charge < -0.3 is 5.32 Å². The van der Waals surface area contributed by atoms with Crippen LogP contribution in [0.15, 0.2) is 0 Å². The van der Waals surface area contributed by atoms with Gasteiger partial charge in [0.25, 0.3) is 0 Å². The van der Waals surface area contributed by atoms with Crippen LogP contribution in [0.4, 0.5) is 0 Å². The number of hydrogen-bond acceptors (Lipinski definition) is 1. The molecule has 0 aliphatic heterocycles. The largest absolute Gasteiger partial charge is 0.307 e. The molecule has 1 N–H and O–H groups in total. The third-order valence-electron chi connectivity index (χ3n) is 3.14. The molecular weight excluding hydrogens is 158 g/mol. The average Bonchev–Trinajstić information content (AvgIpc) is 2.21. The van der Waals surface area contributed by atoms with Crippen molar-refractivity contribution in [2.24, 2.45) is 5.92 Å². The summed E-state index contributed by atoms with van der Waals surface area (Å²) >= 11 is 0. The average molecular weight is 179 g/mol. The minimum atomic E-state index is 0.293. The van der Waals surface area contributed by atoms with Gasteiger partial charge >= 0.3 is 0 Å². The maximum absolute atomic E-state index is 5.39. The molecule has 1 nitrogen and oxygen atoms in total. The van der Waals surface area contributed by atoms with E-state index in [-0.39, 0.29) is 0 Å². The number of rotatable bonds is 4. The molecule has 0 spiro atoms. The van der Waals surface area contributed by atoms with Crippen molar-refractivity contribution in [3.8, 4) is 12.3 Å². The molecule has 1 rings (SSSR count). The van der Waals surface area contributed by atoms with E-state index in [4.69, 9.17) is 6.42 Å². The molecule has 0 bridgehead atoms. The predicted octanol–water partition coefficient (Wildman–Crippen LogP) is 2.57. The van der Waals surface area contributed by atoms with Crippen LogP contribution >= 0.6 is 0 Å². The highest BCUT2D eigenvalue weighted by molar-refractivity contribution is 4.97. The van der Waals surface area contributed by atoms with Gasteiger partial charge in [0.15, 0.2) is 0 Å². The zero-order valence-corrected chi connectivity index (χ0v) is 8.68. The smallest absolute Gasteiger partial charge is 0.0684 e. The van der Waals surface area contributed by atoms with Crippen molar-refractivity contribution in [1.82, 2.24) is 5.32 Å². The zero-order valence-electron chi connectivity index (χ0n) is 8.68. The Hall–Kier alpha value is -0.480. The molecule has 0 saturated heterocycles. The van der Waals surface area contributed by atoms with Crippen LogP contribution in [0, 0.1) is 18.3 Å². The molecule has 0 radical (unpaired) electrons. The van der Waals surface area contributed by atoms with E-state index in [9.17, 15) is 0 Å². The van der Waals surface area contributed by atoms with Crippen molar-refractivity contribution in [2.75, 3.05) is 7.05 Å². The lowest BCUT2D eigenvalue weighted by molar-refractivity contribution is 0.325. The maximum atomic E-state index is 5.39. The van der Waals surface area contributed by atoms with E-state index in [2.05, 4.69) is 11.2 Å². The highest BCUT2D eigenvalue weighted by Crippen LogP contribution is 2.27. The minimum absolute atomic E-state index is 0.293. The number of nitrogens with one attached hydrogen (secondary N) is 1. The quantitative estimate of drug-likeness (QED) is 0.654. The molecule has 1 atom stereocenters. The van der Waals surface area contributed by atoms with Crippen LogP contribution < -0.4 is 5.32 Å². The molecular formula is C12H21N. The molecule has 1 aliphatic rings. The topological polar surface area (TPSA) is 12.0 Å². The van der Waals surface area contributed by atoms with Crippen LogP contribution in [0.25, 0.3) is 0 Å². The molecule has 0 aromatic heterocycles. The van der Waals surface area contributed by atoms with E-state index in [0.717, 1.165) is 12.3 Å². The number of hydrogen-bond donors (Lipinski definition) is 1. The monoisotopic (exact) mass is 179 g/mol. The summed E-state index contributed by atoms with van der Waals surface area (Å²) in [5.41, 5.74) is 0. The first kappa shape index (κ1) is 10.6. The lowest BCUT2D eigenvalue weighted by Gasteiger charge is -2.22. The Kier molecular flexibility index (Phi) is 4.93. The summed E-state index contributed by atoms with van der Waals surface area (Å²) in [4.78, 5) is 0. The van der Waals surface area contributed by atoms with Crippen molar-refractivity contribution >= 4 is 0 Å². The van der Waals surface area contributed by atoms with Gasteiger partial charge in [-0.05, 0) is 25.8 Å². The van der Waals surface area contributed by atoms with Gasteiger partial charge in [-0.3, -0.25) is 0 Å². The fraction of sp³-hybridized carbons (Fsp3) is 0.833. The van der Waals surface area contributed by atoms with Crippen molar-refractivity contribution in [1.29, 1.82) is 0 Å². The molecule has 1 saturated carbocycles. The Morgan fingerprint density at radius 1 is 1.38 bits per heavy atom. The summed E-state index contributed by atoms with van der Waals surface area (Å²) in [6.07, 6.45) is 15.0. The molecule has 0 amide bonds. The summed E-state index contributed by atoms with van der Waals surface area (Å²) in [6.45, 7) is 0. The van der Waals surface area contributed by atoms with Gasteiger partial charge in [-0.15, -0.1) is 6.42 Å². The van der Waals surface area contributed by atoms with Gasteiger partial charge in [0.2, 0.25) is 0 Å². The molecule has 1 aliphatic carbocycles. The molecule has 0 heterocycles. The van der Waals surface area contributed by atoms with E-state index in [1.807, 2.05) is 7.05 Å². The Morgan fingerprint density at radius 3 is 2.62 bits per heavy atom. The molecule has 1 fully saturated rings. The first-order chi connectivity index (χ1) is 6.36. The number of terminal acetylenes is 1. The molecule has 74 valence electrons. The van der Waals surface area contributed by atoms with Gasteiger partial charge in [0.1, 0.15) is 0 Å². The summed E-state index contributed by atoms with van der Waals surface area (Å²) in [5.74, 6) is 3.74. The van der Waals surface area contributed by atoms with E-state index in [0.29, 0.717) is 6.04 Å². The maximum Gasteiger partial charge on any atom is 0.0684 e. The summed E-state index contributed by atoms with van der Waals surface area (Å²) < 4.78 is 0. The fourth-order valence-corrected chi connectivity index (χ4v) is 2.19. The second-order valence-corrected chi connectivity index (χ2v) is 4.09. The summed E-state index contributed by atoms with van der Waals surface area (Å²) in [6, 6.07) is 0.293. The first-order valence-corrected chi connectivity index (χ1v) is 5.50. The first-order valence-electron chi connectivity index (χ1n) is 5.50. The SMILES string of the molecule is C#CC(CCC1CCCCC1)NC. The van der Waals surface area contributed by atoms with Gasteiger partial charge in [0, 0.05) is 0 Å². The molecule has 0 aromatic rings. The van der Waals surface area contributed by atoms with Crippen molar-refractivity contribution in [3.63, 3.8) is 0 Å². The second kappa shape index (κ2) is 6.05. The van der Waals surface area contributed by atoms with Crippen LogP contribution in [-0.2, 0) is 0 Å². The van der Waals surface area contributed by atoms with E-state index >= 15 is 0 Å². The van der Waals surface area contributed by atoms with Gasteiger partial charge in [-0.1, -0.05) is 38.0 Å². The van der Waals surface area contributed by atoms with Crippen molar-refractivity contribution in [2.45, 2.75) is 51.0 Å². The lowest BCUT2D eigenvalue weighted by Crippen LogP contribution is -2.24. The van der Waals surface area contributed by atoms with Crippen LogP contribution in [0.2, 0.25) is 0 Å². The van der Waals surface area contributed by atoms with Crippen LogP contribution in [0.1, 0.15) is 44.9 Å². The van der Waals surface area contributed by atoms with Crippen molar-refractivity contribution < 1.29 is 0 Å². The standard InChI is InChI=1S/C12H21N/c1-3-12(13-2)10-9-11-7-5-4-6-8-11/h1,11-13H,4-10H2,2H3. The Balaban J connectivity index is 2.13. The second-order valence-electron chi connectivity index (χ2n) is 4.09. The predicted molar refractivity (Wildman–Crippen MR) is 57.5 cm³/mol. The summed E-state index contributed by atoms with van der Waals surface area (Å²) in [5, 5.41) is 3.16. The zero-order chi connectivity index (χ0) is 9.52. The van der Waals surface area contributed by atoms with Crippen LogP contribution in [0.3, 0.4) is 0 Å². The Bertz CT molecular complexity index is 162. The van der Waals surface area contributed by atoms with Crippen LogP contribution in [0.5, 0.6) is 0 Å². The Morgan fingerprint density at radius 2 is 2.08 bits per heavy atom. The molecule has 1 unspecified atom stereocenters. The molecule has 13 heavy (non-hydrogen) atoms. The third kappa shape index (κ3) is 3.83. The molecule has 1 heteroatoms. The van der Waals surface area contributed by atoms with Crippen molar-refractivity contribution in [3.05, 3.63) is 0 Å². The normalized spacial score (nSPS) is 20.9.